The van der Waals surface area contributed by atoms with Crippen molar-refractivity contribution in [3.05, 3.63) is 23.8 Å². The molecule has 0 aliphatic carbocycles. The number of rotatable bonds is 4. The van der Waals surface area contributed by atoms with Crippen molar-refractivity contribution in [1.29, 1.82) is 0 Å². The third-order valence-electron chi connectivity index (χ3n) is 4.17. The van der Waals surface area contributed by atoms with E-state index in [0.717, 1.165) is 18.7 Å². The number of para-hydroxylation sites is 1. The van der Waals surface area contributed by atoms with Crippen LogP contribution < -0.4 is 4.74 Å². The number of carboxylic acid groups (broad SMARTS) is 1. The molecule has 1 aliphatic rings. The van der Waals surface area contributed by atoms with E-state index in [0.29, 0.717) is 25.1 Å². The second-order valence-corrected chi connectivity index (χ2v) is 5.61. The number of benzene rings is 1. The summed E-state index contributed by atoms with van der Waals surface area (Å²) >= 11 is 0. The fourth-order valence-corrected chi connectivity index (χ4v) is 2.52. The van der Waals surface area contributed by atoms with E-state index in [1.807, 2.05) is 12.1 Å². The number of carboxylic acids is 1. The zero-order chi connectivity index (χ0) is 14.8. The topological polar surface area (TPSA) is 70.0 Å². The van der Waals surface area contributed by atoms with Gasteiger partial charge in [-0.1, -0.05) is 12.1 Å². The molecule has 0 unspecified atom stereocenters. The maximum Gasteiger partial charge on any atom is 0.309 e. The maximum atomic E-state index is 11.2. The molecule has 1 aliphatic heterocycles. The Morgan fingerprint density at radius 3 is 2.60 bits per heavy atom. The minimum atomic E-state index is -0.721. The van der Waals surface area contributed by atoms with E-state index in [4.69, 9.17) is 4.74 Å². The lowest BCUT2D eigenvalue weighted by molar-refractivity contribution is -0.150. The molecule has 20 heavy (non-hydrogen) atoms. The Bertz CT molecular complexity index is 493. The zero-order valence-electron chi connectivity index (χ0n) is 11.9. The molecule has 1 fully saturated rings. The first-order valence-electron chi connectivity index (χ1n) is 6.77. The minimum Gasteiger partial charge on any atom is -0.504 e. The van der Waals surface area contributed by atoms with Crippen molar-refractivity contribution >= 4 is 5.97 Å². The lowest BCUT2D eigenvalue weighted by Gasteiger charge is -2.36. The van der Waals surface area contributed by atoms with Crippen LogP contribution in [-0.4, -0.2) is 41.3 Å². The third kappa shape index (κ3) is 2.88. The molecule has 110 valence electrons. The Morgan fingerprint density at radius 2 is 2.05 bits per heavy atom. The second kappa shape index (κ2) is 5.71. The Labute approximate surface area is 118 Å². The maximum absolute atomic E-state index is 11.2. The van der Waals surface area contributed by atoms with E-state index >= 15 is 0 Å². The molecule has 5 heteroatoms. The second-order valence-electron chi connectivity index (χ2n) is 5.61. The van der Waals surface area contributed by atoms with Crippen molar-refractivity contribution < 1.29 is 19.7 Å². The quantitative estimate of drug-likeness (QED) is 0.883. The van der Waals surface area contributed by atoms with Gasteiger partial charge in [-0.2, -0.15) is 0 Å². The fraction of sp³-hybridized carbons (Fsp3) is 0.533. The highest BCUT2D eigenvalue weighted by Gasteiger charge is 2.36. The van der Waals surface area contributed by atoms with Gasteiger partial charge in [-0.15, -0.1) is 0 Å². The molecule has 0 bridgehead atoms. The predicted octanol–water partition coefficient (Wildman–Crippen LogP) is 2.09. The third-order valence-corrected chi connectivity index (χ3v) is 4.17. The highest BCUT2D eigenvalue weighted by Crippen LogP contribution is 2.34. The molecule has 1 heterocycles. The van der Waals surface area contributed by atoms with Crippen molar-refractivity contribution in [3.8, 4) is 11.5 Å². The monoisotopic (exact) mass is 279 g/mol. The van der Waals surface area contributed by atoms with E-state index < -0.39 is 11.4 Å². The summed E-state index contributed by atoms with van der Waals surface area (Å²) in [5.74, 6) is -0.0853. The SMILES string of the molecule is COc1cccc(CN2CCC(C)(C(=O)O)CC2)c1O. The van der Waals surface area contributed by atoms with Crippen LogP contribution in [0, 0.1) is 5.41 Å². The molecular weight excluding hydrogens is 258 g/mol. The Balaban J connectivity index is 2.01. The molecule has 1 aromatic rings. The summed E-state index contributed by atoms with van der Waals surface area (Å²) in [5, 5.41) is 19.3. The van der Waals surface area contributed by atoms with Gasteiger partial charge in [0, 0.05) is 12.1 Å². The molecule has 1 saturated heterocycles. The molecule has 2 N–H and O–H groups in total. The smallest absolute Gasteiger partial charge is 0.309 e. The number of hydrogen-bond acceptors (Lipinski definition) is 4. The lowest BCUT2D eigenvalue weighted by atomic mass is 9.80. The van der Waals surface area contributed by atoms with E-state index in [-0.39, 0.29) is 5.75 Å². The molecule has 0 aromatic heterocycles. The summed E-state index contributed by atoms with van der Waals surface area (Å²) in [6.45, 7) is 3.85. The van der Waals surface area contributed by atoms with Crippen LogP contribution in [0.25, 0.3) is 0 Å². The molecule has 1 aromatic carbocycles. The summed E-state index contributed by atoms with van der Waals surface area (Å²) in [4.78, 5) is 13.4. The van der Waals surface area contributed by atoms with Crippen LogP contribution in [0.15, 0.2) is 18.2 Å². The first-order valence-corrected chi connectivity index (χ1v) is 6.77. The van der Waals surface area contributed by atoms with Crippen LogP contribution in [0.3, 0.4) is 0 Å². The van der Waals surface area contributed by atoms with Crippen LogP contribution in [0.4, 0.5) is 0 Å². The standard InChI is InChI=1S/C15H21NO4/c1-15(14(18)19)6-8-16(9-7-15)10-11-4-3-5-12(20-2)13(11)17/h3-5,17H,6-10H2,1-2H3,(H,18,19). The van der Waals surface area contributed by atoms with Gasteiger partial charge in [0.05, 0.1) is 12.5 Å². The van der Waals surface area contributed by atoms with Gasteiger partial charge in [-0.05, 0) is 38.9 Å². The molecule has 5 nitrogen and oxygen atoms in total. The number of aromatic hydroxyl groups is 1. The van der Waals surface area contributed by atoms with Crippen LogP contribution in [-0.2, 0) is 11.3 Å². The predicted molar refractivity (Wildman–Crippen MR) is 74.9 cm³/mol. The van der Waals surface area contributed by atoms with Crippen LogP contribution in [0.5, 0.6) is 11.5 Å². The van der Waals surface area contributed by atoms with Gasteiger partial charge in [-0.3, -0.25) is 9.69 Å². The van der Waals surface area contributed by atoms with Gasteiger partial charge in [-0.25, -0.2) is 0 Å². The largest absolute Gasteiger partial charge is 0.504 e. The lowest BCUT2D eigenvalue weighted by Crippen LogP contribution is -2.42. The van der Waals surface area contributed by atoms with E-state index in [1.165, 1.54) is 7.11 Å². The van der Waals surface area contributed by atoms with E-state index in [2.05, 4.69) is 4.90 Å². The highest BCUT2D eigenvalue weighted by molar-refractivity contribution is 5.74. The van der Waals surface area contributed by atoms with Crippen molar-refractivity contribution in [2.45, 2.75) is 26.3 Å². The van der Waals surface area contributed by atoms with Crippen molar-refractivity contribution in [2.24, 2.45) is 5.41 Å². The summed E-state index contributed by atoms with van der Waals surface area (Å²) in [5.41, 5.74) is 0.190. The van der Waals surface area contributed by atoms with Crippen molar-refractivity contribution in [3.63, 3.8) is 0 Å². The number of aliphatic carboxylic acids is 1. The van der Waals surface area contributed by atoms with Gasteiger partial charge in [0.15, 0.2) is 11.5 Å². The first-order chi connectivity index (χ1) is 9.46. The number of nitrogens with zero attached hydrogens (tertiary/aromatic N) is 1. The van der Waals surface area contributed by atoms with Gasteiger partial charge in [0.1, 0.15) is 0 Å². The average molecular weight is 279 g/mol. The number of carbonyl (C=O) groups is 1. The van der Waals surface area contributed by atoms with E-state index in [1.54, 1.807) is 13.0 Å². The number of phenols is 1. The van der Waals surface area contributed by atoms with Crippen LogP contribution in [0.2, 0.25) is 0 Å². The van der Waals surface area contributed by atoms with Crippen molar-refractivity contribution in [2.75, 3.05) is 20.2 Å². The average Bonchev–Trinajstić information content (AvgIpc) is 2.43. The van der Waals surface area contributed by atoms with Gasteiger partial charge < -0.3 is 14.9 Å². The van der Waals surface area contributed by atoms with Gasteiger partial charge in [0.25, 0.3) is 0 Å². The molecule has 0 radical (unpaired) electrons. The summed E-state index contributed by atoms with van der Waals surface area (Å²) in [6, 6.07) is 5.43. The number of likely N-dealkylation sites (tertiary alicyclic amines) is 1. The van der Waals surface area contributed by atoms with Gasteiger partial charge >= 0.3 is 5.97 Å². The number of hydrogen-bond donors (Lipinski definition) is 2. The molecule has 0 saturated carbocycles. The Morgan fingerprint density at radius 1 is 1.40 bits per heavy atom. The number of methoxy groups -OCH3 is 1. The fourth-order valence-electron chi connectivity index (χ4n) is 2.52. The molecule has 0 amide bonds. The Hall–Kier alpha value is -1.75. The summed E-state index contributed by atoms with van der Waals surface area (Å²) in [7, 11) is 1.53. The summed E-state index contributed by atoms with van der Waals surface area (Å²) < 4.78 is 5.09. The molecular formula is C15H21NO4. The molecule has 0 atom stereocenters. The molecule has 2 rings (SSSR count). The first kappa shape index (κ1) is 14.7. The number of piperidine rings is 1. The Kier molecular flexibility index (Phi) is 4.18. The number of ether oxygens (including phenoxy) is 1. The summed E-state index contributed by atoms with van der Waals surface area (Å²) in [6.07, 6.45) is 1.26. The zero-order valence-corrected chi connectivity index (χ0v) is 11.9. The van der Waals surface area contributed by atoms with Gasteiger partial charge in [0.2, 0.25) is 0 Å². The highest BCUT2D eigenvalue weighted by atomic mass is 16.5. The normalized spacial score (nSPS) is 18.7. The van der Waals surface area contributed by atoms with Crippen LogP contribution >= 0.6 is 0 Å². The minimum absolute atomic E-state index is 0.168. The molecule has 0 spiro atoms. The number of phenolic OH excluding ortho intramolecular Hbond substituents is 1. The van der Waals surface area contributed by atoms with Crippen LogP contribution in [0.1, 0.15) is 25.3 Å². The van der Waals surface area contributed by atoms with E-state index in [9.17, 15) is 15.0 Å². The van der Waals surface area contributed by atoms with Crippen molar-refractivity contribution in [1.82, 2.24) is 4.90 Å².